The lowest BCUT2D eigenvalue weighted by Crippen LogP contribution is -2.02. The molecule has 1 aromatic carbocycles. The third-order valence-corrected chi connectivity index (χ3v) is 1.16. The molecule has 44 valence electrons. The summed E-state index contributed by atoms with van der Waals surface area (Å²) >= 11 is 0. The Morgan fingerprint density at radius 1 is 1.11 bits per heavy atom. The minimum atomic E-state index is 1.02. The summed E-state index contributed by atoms with van der Waals surface area (Å²) in [5, 5.41) is 2.04. The Morgan fingerprint density at radius 3 is 2.11 bits per heavy atom. The zero-order valence-corrected chi connectivity index (χ0v) is 5.22. The maximum atomic E-state index is 3.75. The van der Waals surface area contributed by atoms with Crippen LogP contribution in [-0.4, -0.2) is 0 Å². The van der Waals surface area contributed by atoms with Crippen LogP contribution in [0.4, 0.5) is 0 Å². The van der Waals surface area contributed by atoms with Crippen LogP contribution in [-0.2, 0) is 0 Å². The number of hydrogen-bond donors (Lipinski definition) is 0. The molecular weight excluding hydrogens is 108 g/mol. The van der Waals surface area contributed by atoms with E-state index >= 15 is 0 Å². The average molecular weight is 116 g/mol. The minimum absolute atomic E-state index is 1.02. The van der Waals surface area contributed by atoms with Crippen LogP contribution in [0.15, 0.2) is 30.8 Å². The standard InChI is InChI=1S/C9H8/c1-3-9-6-4-8(2)5-7-9/h4-7H,1-2H2. The largest absolute Gasteiger partial charge is 0.121 e. The third kappa shape index (κ3) is 1.31. The Bertz CT molecular complexity index is 293. The Balaban J connectivity index is 3.51. The lowest BCUT2D eigenvalue weighted by atomic mass is 10.3. The van der Waals surface area contributed by atoms with Gasteiger partial charge >= 0.3 is 0 Å². The number of rotatable bonds is 0. The maximum absolute atomic E-state index is 3.75. The number of benzene rings is 1. The van der Waals surface area contributed by atoms with Crippen LogP contribution in [0.5, 0.6) is 0 Å². The van der Waals surface area contributed by atoms with Gasteiger partial charge in [0.2, 0.25) is 0 Å². The quantitative estimate of drug-likeness (QED) is 0.467. The second-order valence-electron chi connectivity index (χ2n) is 1.87. The molecule has 0 fully saturated rings. The van der Waals surface area contributed by atoms with Crippen molar-refractivity contribution in [3.05, 3.63) is 41.3 Å². The summed E-state index contributed by atoms with van der Waals surface area (Å²) in [6, 6.07) is 7.76. The van der Waals surface area contributed by atoms with Crippen LogP contribution in [0.3, 0.4) is 0 Å². The van der Waals surface area contributed by atoms with Gasteiger partial charge in [0.15, 0.2) is 0 Å². The first-order valence-corrected chi connectivity index (χ1v) is 2.78. The molecule has 1 aromatic rings. The van der Waals surface area contributed by atoms with Gasteiger partial charge in [-0.3, -0.25) is 0 Å². The predicted octanol–water partition coefficient (Wildman–Crippen LogP) is 0.662. The van der Waals surface area contributed by atoms with Gasteiger partial charge in [-0.1, -0.05) is 25.3 Å². The van der Waals surface area contributed by atoms with Gasteiger partial charge in [-0.05, 0) is 17.4 Å². The van der Waals surface area contributed by atoms with Gasteiger partial charge in [0, 0.05) is 5.22 Å². The second-order valence-corrected chi connectivity index (χ2v) is 1.87. The van der Waals surface area contributed by atoms with Crippen molar-refractivity contribution in [1.29, 1.82) is 0 Å². The zero-order valence-electron chi connectivity index (χ0n) is 5.22. The van der Waals surface area contributed by atoms with E-state index in [4.69, 9.17) is 0 Å². The Kier molecular flexibility index (Phi) is 1.53. The Morgan fingerprint density at radius 2 is 1.67 bits per heavy atom. The van der Waals surface area contributed by atoms with Crippen molar-refractivity contribution in [2.75, 3.05) is 0 Å². The number of hydrogen-bond acceptors (Lipinski definition) is 0. The van der Waals surface area contributed by atoms with Crippen LogP contribution >= 0.6 is 0 Å². The van der Waals surface area contributed by atoms with Crippen molar-refractivity contribution in [3.63, 3.8) is 0 Å². The molecule has 0 saturated carbocycles. The van der Waals surface area contributed by atoms with Gasteiger partial charge < -0.3 is 0 Å². The summed E-state index contributed by atoms with van der Waals surface area (Å²) < 4.78 is 0. The van der Waals surface area contributed by atoms with Crippen molar-refractivity contribution in [2.24, 2.45) is 0 Å². The Hall–Kier alpha value is -1.26. The molecule has 0 atom stereocenters. The molecule has 0 radical (unpaired) electrons. The van der Waals surface area contributed by atoms with Crippen molar-refractivity contribution in [2.45, 2.75) is 0 Å². The first kappa shape index (κ1) is 5.87. The van der Waals surface area contributed by atoms with Gasteiger partial charge in [0.1, 0.15) is 0 Å². The fourth-order valence-corrected chi connectivity index (χ4v) is 0.623. The van der Waals surface area contributed by atoms with Crippen LogP contribution < -0.4 is 10.4 Å². The normalized spacial score (nSPS) is 8.44. The van der Waals surface area contributed by atoms with Crippen LogP contribution in [0.1, 0.15) is 0 Å². The summed E-state index contributed by atoms with van der Waals surface area (Å²) in [5.41, 5.74) is 2.78. The molecular formula is C9H8. The zero-order chi connectivity index (χ0) is 6.69. The maximum Gasteiger partial charge on any atom is 0.0158 e. The molecule has 9 heavy (non-hydrogen) atoms. The molecule has 0 aliphatic rings. The van der Waals surface area contributed by atoms with Gasteiger partial charge in [-0.2, -0.15) is 0 Å². The molecule has 0 aliphatic heterocycles. The summed E-state index contributed by atoms with van der Waals surface area (Å²) in [5.74, 6) is 0. The highest BCUT2D eigenvalue weighted by Crippen LogP contribution is 1.64. The topological polar surface area (TPSA) is 0 Å². The molecule has 0 spiro atoms. The average Bonchev–Trinajstić information content (AvgIpc) is 1.90. The van der Waals surface area contributed by atoms with Crippen LogP contribution in [0.25, 0.3) is 12.3 Å². The predicted molar refractivity (Wildman–Crippen MR) is 40.2 cm³/mol. The van der Waals surface area contributed by atoms with Gasteiger partial charge in [0.25, 0.3) is 0 Å². The molecule has 0 heteroatoms. The molecule has 0 nitrogen and oxygen atoms in total. The molecule has 0 aromatic heterocycles. The molecule has 0 saturated heterocycles. The van der Waals surface area contributed by atoms with Gasteiger partial charge in [-0.25, -0.2) is 0 Å². The van der Waals surface area contributed by atoms with E-state index in [1.54, 1.807) is 0 Å². The molecule has 0 bridgehead atoms. The van der Waals surface area contributed by atoms with E-state index in [9.17, 15) is 0 Å². The lowest BCUT2D eigenvalue weighted by molar-refractivity contribution is 1.57. The van der Waals surface area contributed by atoms with Crippen molar-refractivity contribution >= 4 is 12.3 Å². The second kappa shape index (κ2) is 2.34. The molecule has 0 aliphatic carbocycles. The first-order valence-electron chi connectivity index (χ1n) is 2.78. The van der Waals surface area contributed by atoms with E-state index in [2.05, 4.69) is 18.9 Å². The highest BCUT2D eigenvalue weighted by molar-refractivity contribution is 5.19. The van der Waals surface area contributed by atoms with E-state index in [-0.39, 0.29) is 0 Å². The molecule has 0 unspecified atom stereocenters. The van der Waals surface area contributed by atoms with Crippen LogP contribution in [0.2, 0.25) is 0 Å². The molecule has 1 rings (SSSR count). The highest BCUT2D eigenvalue weighted by Gasteiger charge is 1.71. The van der Waals surface area contributed by atoms with E-state index in [1.807, 2.05) is 24.3 Å². The Labute approximate surface area is 54.5 Å². The SMILES string of the molecule is C=C=c1ccc(=C)cc1. The molecule has 0 amide bonds. The van der Waals surface area contributed by atoms with E-state index in [1.165, 1.54) is 0 Å². The summed E-state index contributed by atoms with van der Waals surface area (Å²) in [4.78, 5) is 0. The van der Waals surface area contributed by atoms with Crippen LogP contribution in [0, 0.1) is 0 Å². The van der Waals surface area contributed by atoms with E-state index in [0.717, 1.165) is 10.4 Å². The third-order valence-electron chi connectivity index (χ3n) is 1.16. The molecule has 0 N–H and O–H groups in total. The lowest BCUT2D eigenvalue weighted by Gasteiger charge is -1.79. The summed E-state index contributed by atoms with van der Waals surface area (Å²) in [6.45, 7) is 7.26. The van der Waals surface area contributed by atoms with Crippen molar-refractivity contribution < 1.29 is 0 Å². The monoisotopic (exact) mass is 116 g/mol. The van der Waals surface area contributed by atoms with Gasteiger partial charge in [0.05, 0.1) is 0 Å². The van der Waals surface area contributed by atoms with Gasteiger partial charge in [-0.15, -0.1) is 5.73 Å². The van der Waals surface area contributed by atoms with Crippen molar-refractivity contribution in [1.82, 2.24) is 0 Å². The fraction of sp³-hybridized carbons (Fsp3) is 0. The highest BCUT2D eigenvalue weighted by atomic mass is 13.8. The van der Waals surface area contributed by atoms with E-state index < -0.39 is 0 Å². The first-order chi connectivity index (χ1) is 4.33. The smallest absolute Gasteiger partial charge is 0.0158 e. The van der Waals surface area contributed by atoms with E-state index in [0.29, 0.717) is 0 Å². The van der Waals surface area contributed by atoms with Crippen molar-refractivity contribution in [3.8, 4) is 0 Å². The minimum Gasteiger partial charge on any atom is -0.121 e. The summed E-state index contributed by atoms with van der Waals surface area (Å²) in [7, 11) is 0. The molecule has 0 heterocycles. The summed E-state index contributed by atoms with van der Waals surface area (Å²) in [6.07, 6.45) is 0. The fourth-order valence-electron chi connectivity index (χ4n) is 0.623.